The fourth-order valence-electron chi connectivity index (χ4n) is 4.39. The van der Waals surface area contributed by atoms with Crippen molar-refractivity contribution in [1.29, 1.82) is 0 Å². The van der Waals surface area contributed by atoms with Crippen LogP contribution in [0.1, 0.15) is 78.6 Å². The third-order valence-corrected chi connectivity index (χ3v) is 7.53. The van der Waals surface area contributed by atoms with Crippen LogP contribution in [0.15, 0.2) is 33.6 Å². The van der Waals surface area contributed by atoms with Crippen molar-refractivity contribution in [3.05, 3.63) is 47.2 Å². The number of carbonyl (C=O) groups is 1. The SMILES string of the molecule is Cc1oc(CNS(=O)(=O)c2ccc(C3CCCCC3)cc2)nc1C(=O)N1CCCC1. The third kappa shape index (κ3) is 4.59. The number of carbonyl (C=O) groups excluding carboxylic acids is 1. The zero-order valence-electron chi connectivity index (χ0n) is 17.4. The first kappa shape index (κ1) is 21.1. The Labute approximate surface area is 177 Å². The molecule has 30 heavy (non-hydrogen) atoms. The molecule has 2 aliphatic rings. The van der Waals surface area contributed by atoms with Gasteiger partial charge in [0.1, 0.15) is 5.76 Å². The summed E-state index contributed by atoms with van der Waals surface area (Å²) in [6, 6.07) is 7.17. The number of nitrogens with one attached hydrogen (secondary N) is 1. The topological polar surface area (TPSA) is 92.5 Å². The van der Waals surface area contributed by atoms with E-state index in [0.717, 1.165) is 25.9 Å². The molecule has 8 heteroatoms. The summed E-state index contributed by atoms with van der Waals surface area (Å²) < 4.78 is 33.4. The number of nitrogens with zero attached hydrogens (tertiary/aromatic N) is 2. The van der Waals surface area contributed by atoms with E-state index in [4.69, 9.17) is 4.42 Å². The zero-order chi connectivity index (χ0) is 21.1. The minimum Gasteiger partial charge on any atom is -0.444 e. The van der Waals surface area contributed by atoms with Crippen molar-refractivity contribution >= 4 is 15.9 Å². The molecule has 2 heterocycles. The van der Waals surface area contributed by atoms with Crippen LogP contribution in [0.25, 0.3) is 0 Å². The van der Waals surface area contributed by atoms with Gasteiger partial charge in [-0.05, 0) is 56.2 Å². The van der Waals surface area contributed by atoms with Gasteiger partial charge in [0, 0.05) is 13.1 Å². The van der Waals surface area contributed by atoms with Crippen LogP contribution in [-0.4, -0.2) is 37.3 Å². The number of benzene rings is 1. The van der Waals surface area contributed by atoms with Crippen molar-refractivity contribution in [2.75, 3.05) is 13.1 Å². The first-order valence-electron chi connectivity index (χ1n) is 10.8. The molecule has 1 aromatic carbocycles. The second kappa shape index (κ2) is 8.89. The highest BCUT2D eigenvalue weighted by atomic mass is 32.2. The maximum absolute atomic E-state index is 12.7. The lowest BCUT2D eigenvalue weighted by atomic mass is 9.84. The second-order valence-corrected chi connectivity index (χ2v) is 10.0. The van der Waals surface area contributed by atoms with E-state index >= 15 is 0 Å². The molecule has 7 nitrogen and oxygen atoms in total. The number of aryl methyl sites for hydroxylation is 1. The summed E-state index contributed by atoms with van der Waals surface area (Å²) in [6.07, 6.45) is 8.11. The maximum Gasteiger partial charge on any atom is 0.276 e. The summed E-state index contributed by atoms with van der Waals surface area (Å²) in [7, 11) is -3.69. The number of sulfonamides is 1. The molecule has 162 valence electrons. The van der Waals surface area contributed by atoms with E-state index < -0.39 is 10.0 Å². The predicted molar refractivity (Wildman–Crippen MR) is 113 cm³/mol. The average molecular weight is 432 g/mol. The lowest BCUT2D eigenvalue weighted by molar-refractivity contribution is 0.0786. The molecule has 1 aromatic heterocycles. The lowest BCUT2D eigenvalue weighted by Crippen LogP contribution is -2.28. The van der Waals surface area contributed by atoms with Gasteiger partial charge in [-0.25, -0.2) is 18.1 Å². The molecule has 1 saturated heterocycles. The largest absolute Gasteiger partial charge is 0.444 e. The van der Waals surface area contributed by atoms with Crippen molar-refractivity contribution in [2.45, 2.75) is 69.2 Å². The fourth-order valence-corrected chi connectivity index (χ4v) is 5.37. The van der Waals surface area contributed by atoms with Crippen molar-refractivity contribution in [1.82, 2.24) is 14.6 Å². The molecule has 0 radical (unpaired) electrons. The maximum atomic E-state index is 12.7. The zero-order valence-corrected chi connectivity index (χ0v) is 18.2. The van der Waals surface area contributed by atoms with Gasteiger partial charge in [-0.3, -0.25) is 4.79 Å². The average Bonchev–Trinajstić information content (AvgIpc) is 3.43. The second-order valence-electron chi connectivity index (χ2n) is 8.24. The summed E-state index contributed by atoms with van der Waals surface area (Å²) in [4.78, 5) is 18.8. The number of oxazole rings is 1. The smallest absolute Gasteiger partial charge is 0.276 e. The molecule has 1 aliphatic heterocycles. The first-order chi connectivity index (χ1) is 14.4. The van der Waals surface area contributed by atoms with Crippen molar-refractivity contribution < 1.29 is 17.6 Å². The highest BCUT2D eigenvalue weighted by Crippen LogP contribution is 2.32. The number of rotatable bonds is 6. The Hall–Kier alpha value is -2.19. The molecule has 0 spiro atoms. The highest BCUT2D eigenvalue weighted by Gasteiger charge is 2.26. The molecule has 1 aliphatic carbocycles. The number of hydrogen-bond acceptors (Lipinski definition) is 5. The first-order valence-corrected chi connectivity index (χ1v) is 12.3. The Morgan fingerprint density at radius 2 is 1.77 bits per heavy atom. The molecule has 4 rings (SSSR count). The van der Waals surface area contributed by atoms with Gasteiger partial charge in [-0.1, -0.05) is 31.4 Å². The molecule has 1 amide bonds. The van der Waals surface area contributed by atoms with Crippen LogP contribution in [0.5, 0.6) is 0 Å². The monoisotopic (exact) mass is 431 g/mol. The van der Waals surface area contributed by atoms with E-state index in [-0.39, 0.29) is 28.9 Å². The van der Waals surface area contributed by atoms with Gasteiger partial charge in [0.15, 0.2) is 5.69 Å². The van der Waals surface area contributed by atoms with Crippen molar-refractivity contribution in [2.24, 2.45) is 0 Å². The molecule has 0 bridgehead atoms. The molecular formula is C22H29N3O4S. The Morgan fingerprint density at radius 3 is 2.43 bits per heavy atom. The summed E-state index contributed by atoms with van der Waals surface area (Å²) in [5.41, 5.74) is 1.48. The van der Waals surface area contributed by atoms with Crippen LogP contribution in [0, 0.1) is 6.92 Å². The Bertz CT molecular complexity index is 986. The van der Waals surface area contributed by atoms with Crippen LogP contribution >= 0.6 is 0 Å². The predicted octanol–water partition coefficient (Wildman–Crippen LogP) is 3.75. The normalized spacial score (nSPS) is 18.1. The van der Waals surface area contributed by atoms with E-state index in [2.05, 4.69) is 9.71 Å². The lowest BCUT2D eigenvalue weighted by Gasteiger charge is -2.22. The number of hydrogen-bond donors (Lipinski definition) is 1. The fraction of sp³-hybridized carbons (Fsp3) is 0.545. The summed E-state index contributed by atoms with van der Waals surface area (Å²) in [5.74, 6) is 0.988. The van der Waals surface area contributed by atoms with Gasteiger partial charge in [-0.15, -0.1) is 0 Å². The minimum absolute atomic E-state index is 0.0964. The van der Waals surface area contributed by atoms with E-state index in [1.165, 1.54) is 37.7 Å². The summed E-state index contributed by atoms with van der Waals surface area (Å²) >= 11 is 0. The standard InChI is InChI=1S/C22H29N3O4S/c1-16-21(22(26)25-13-5-6-14-25)24-20(29-16)15-23-30(27,28)19-11-9-18(10-12-19)17-7-3-2-4-8-17/h9-12,17,23H,2-8,13-15H2,1H3. The van der Waals surface area contributed by atoms with Crippen LogP contribution in [0.2, 0.25) is 0 Å². The van der Waals surface area contributed by atoms with Crippen LogP contribution in [0.4, 0.5) is 0 Å². The van der Waals surface area contributed by atoms with Crippen molar-refractivity contribution in [3.8, 4) is 0 Å². The van der Waals surface area contributed by atoms with Gasteiger partial charge in [-0.2, -0.15) is 0 Å². The summed E-state index contributed by atoms with van der Waals surface area (Å²) in [6.45, 7) is 3.03. The minimum atomic E-state index is -3.69. The molecular weight excluding hydrogens is 402 g/mol. The van der Waals surface area contributed by atoms with E-state index in [0.29, 0.717) is 11.7 Å². The van der Waals surface area contributed by atoms with Crippen LogP contribution in [0.3, 0.4) is 0 Å². The number of aromatic nitrogens is 1. The third-order valence-electron chi connectivity index (χ3n) is 6.12. The molecule has 0 unspecified atom stereocenters. The molecule has 1 N–H and O–H groups in total. The van der Waals surface area contributed by atoms with Gasteiger partial charge in [0.25, 0.3) is 5.91 Å². The molecule has 1 saturated carbocycles. The molecule has 0 atom stereocenters. The highest BCUT2D eigenvalue weighted by molar-refractivity contribution is 7.89. The molecule has 2 aromatic rings. The van der Waals surface area contributed by atoms with Crippen LogP contribution in [-0.2, 0) is 16.6 Å². The number of likely N-dealkylation sites (tertiary alicyclic amines) is 1. The Morgan fingerprint density at radius 1 is 1.10 bits per heavy atom. The van der Waals surface area contributed by atoms with E-state index in [9.17, 15) is 13.2 Å². The Balaban J connectivity index is 1.40. The van der Waals surface area contributed by atoms with E-state index in [1.807, 2.05) is 12.1 Å². The van der Waals surface area contributed by atoms with Gasteiger partial charge in [0.2, 0.25) is 15.9 Å². The van der Waals surface area contributed by atoms with E-state index in [1.54, 1.807) is 24.0 Å². The van der Waals surface area contributed by atoms with Crippen LogP contribution < -0.4 is 4.72 Å². The Kier molecular flexibility index (Phi) is 6.24. The van der Waals surface area contributed by atoms with Gasteiger partial charge >= 0.3 is 0 Å². The van der Waals surface area contributed by atoms with Gasteiger partial charge < -0.3 is 9.32 Å². The quantitative estimate of drug-likeness (QED) is 0.752. The summed E-state index contributed by atoms with van der Waals surface area (Å²) in [5, 5.41) is 0. The van der Waals surface area contributed by atoms with Gasteiger partial charge in [0.05, 0.1) is 11.4 Å². The molecule has 2 fully saturated rings. The number of amides is 1. The van der Waals surface area contributed by atoms with Crippen molar-refractivity contribution in [3.63, 3.8) is 0 Å².